The number of rotatable bonds is 4. The summed E-state index contributed by atoms with van der Waals surface area (Å²) in [5, 5.41) is 2.52. The first-order valence-corrected chi connectivity index (χ1v) is 6.11. The van der Waals surface area contributed by atoms with Crippen LogP contribution in [0.2, 0.25) is 0 Å². The van der Waals surface area contributed by atoms with Gasteiger partial charge in [0.25, 0.3) is 0 Å². The summed E-state index contributed by atoms with van der Waals surface area (Å²) >= 11 is 0. The molecule has 17 heavy (non-hydrogen) atoms. The van der Waals surface area contributed by atoms with E-state index < -0.39 is 0 Å². The van der Waals surface area contributed by atoms with Gasteiger partial charge in [-0.15, -0.1) is 0 Å². The van der Waals surface area contributed by atoms with Crippen molar-refractivity contribution in [1.29, 1.82) is 0 Å². The monoisotopic (exact) mass is 229 g/mol. The highest BCUT2D eigenvalue weighted by atomic mass is 16.5. The second-order valence-electron chi connectivity index (χ2n) is 4.04. The molecule has 0 aliphatic carbocycles. The highest BCUT2D eigenvalue weighted by molar-refractivity contribution is 5.95. The molecular formula is C15H19NO. The number of hydrogen-bond donors (Lipinski definition) is 0. The van der Waals surface area contributed by atoms with Crippen LogP contribution in [-0.2, 0) is 0 Å². The van der Waals surface area contributed by atoms with Crippen LogP contribution in [0, 0.1) is 0 Å². The van der Waals surface area contributed by atoms with E-state index in [-0.39, 0.29) is 0 Å². The lowest BCUT2D eigenvalue weighted by molar-refractivity contribution is 0.415. The van der Waals surface area contributed by atoms with Crippen molar-refractivity contribution in [3.63, 3.8) is 0 Å². The van der Waals surface area contributed by atoms with Crippen molar-refractivity contribution in [3.8, 4) is 5.75 Å². The number of nitrogens with zero attached hydrogens (tertiary/aromatic N) is 1. The minimum absolute atomic E-state index is 0.922. The Kier molecular flexibility index (Phi) is 3.52. The molecule has 0 N–H and O–H groups in total. The Hall–Kier alpha value is -1.70. The predicted molar refractivity (Wildman–Crippen MR) is 74.1 cm³/mol. The summed E-state index contributed by atoms with van der Waals surface area (Å²) in [6, 6.07) is 12.7. The highest BCUT2D eigenvalue weighted by Gasteiger charge is 2.08. The lowest BCUT2D eigenvalue weighted by atomic mass is 10.1. The molecule has 2 aromatic rings. The average Bonchev–Trinajstić information content (AvgIpc) is 2.39. The molecule has 0 bridgehead atoms. The molecule has 2 rings (SSSR count). The van der Waals surface area contributed by atoms with Crippen molar-refractivity contribution in [2.75, 3.05) is 25.1 Å². The molecule has 0 aromatic heterocycles. The van der Waals surface area contributed by atoms with Gasteiger partial charge in [-0.1, -0.05) is 24.3 Å². The summed E-state index contributed by atoms with van der Waals surface area (Å²) < 4.78 is 5.38. The molecule has 0 aliphatic heterocycles. The van der Waals surface area contributed by atoms with Crippen LogP contribution in [0.4, 0.5) is 5.69 Å². The maximum absolute atomic E-state index is 5.38. The SMILES string of the molecule is CCN(CC)c1cc(OC)cc2ccccc12. The summed E-state index contributed by atoms with van der Waals surface area (Å²) in [7, 11) is 1.72. The third kappa shape index (κ3) is 2.21. The predicted octanol–water partition coefficient (Wildman–Crippen LogP) is 3.69. The van der Waals surface area contributed by atoms with Gasteiger partial charge in [-0.25, -0.2) is 0 Å². The van der Waals surface area contributed by atoms with E-state index in [1.54, 1.807) is 7.11 Å². The van der Waals surface area contributed by atoms with Gasteiger partial charge in [-0.3, -0.25) is 0 Å². The molecule has 0 fully saturated rings. The van der Waals surface area contributed by atoms with E-state index in [4.69, 9.17) is 4.74 Å². The largest absolute Gasteiger partial charge is 0.497 e. The number of fused-ring (bicyclic) bond motifs is 1. The minimum Gasteiger partial charge on any atom is -0.497 e. The third-order valence-corrected chi connectivity index (χ3v) is 3.15. The molecule has 90 valence electrons. The van der Waals surface area contributed by atoms with E-state index in [1.807, 2.05) is 0 Å². The van der Waals surface area contributed by atoms with Gasteiger partial charge in [0.05, 0.1) is 7.11 Å². The molecule has 0 aliphatic rings. The number of methoxy groups -OCH3 is 1. The molecule has 0 radical (unpaired) electrons. The number of ether oxygens (including phenoxy) is 1. The van der Waals surface area contributed by atoms with Crippen molar-refractivity contribution in [3.05, 3.63) is 36.4 Å². The van der Waals surface area contributed by atoms with Crippen molar-refractivity contribution < 1.29 is 4.74 Å². The smallest absolute Gasteiger partial charge is 0.121 e. The molecule has 2 aromatic carbocycles. The van der Waals surface area contributed by atoms with Gasteiger partial charge in [0, 0.05) is 30.2 Å². The normalized spacial score (nSPS) is 10.5. The Morgan fingerprint density at radius 2 is 1.76 bits per heavy atom. The lowest BCUT2D eigenvalue weighted by Crippen LogP contribution is -2.22. The molecule has 0 saturated heterocycles. The molecule has 2 nitrogen and oxygen atoms in total. The van der Waals surface area contributed by atoms with Crippen molar-refractivity contribution in [2.24, 2.45) is 0 Å². The van der Waals surface area contributed by atoms with E-state index in [1.165, 1.54) is 16.5 Å². The molecule has 0 heterocycles. The van der Waals surface area contributed by atoms with Crippen LogP contribution < -0.4 is 9.64 Å². The van der Waals surface area contributed by atoms with Crippen LogP contribution >= 0.6 is 0 Å². The van der Waals surface area contributed by atoms with Crippen molar-refractivity contribution >= 4 is 16.5 Å². The molecule has 0 spiro atoms. The van der Waals surface area contributed by atoms with E-state index >= 15 is 0 Å². The van der Waals surface area contributed by atoms with Crippen LogP contribution in [0.1, 0.15) is 13.8 Å². The van der Waals surface area contributed by atoms with Crippen LogP contribution in [0.25, 0.3) is 10.8 Å². The van der Waals surface area contributed by atoms with Gasteiger partial charge in [-0.2, -0.15) is 0 Å². The zero-order chi connectivity index (χ0) is 12.3. The second-order valence-corrected chi connectivity index (χ2v) is 4.04. The topological polar surface area (TPSA) is 12.5 Å². The lowest BCUT2D eigenvalue weighted by Gasteiger charge is -2.23. The van der Waals surface area contributed by atoms with E-state index in [0.29, 0.717) is 0 Å². The summed E-state index contributed by atoms with van der Waals surface area (Å²) in [6.45, 7) is 6.37. The standard InChI is InChI=1S/C15H19NO/c1-4-16(5-2)15-11-13(17-3)10-12-8-6-7-9-14(12)15/h6-11H,4-5H2,1-3H3. The van der Waals surface area contributed by atoms with Gasteiger partial charge in [0.1, 0.15) is 5.75 Å². The number of anilines is 1. The van der Waals surface area contributed by atoms with Gasteiger partial charge in [0.15, 0.2) is 0 Å². The van der Waals surface area contributed by atoms with Crippen molar-refractivity contribution in [1.82, 2.24) is 0 Å². The van der Waals surface area contributed by atoms with Crippen molar-refractivity contribution in [2.45, 2.75) is 13.8 Å². The number of hydrogen-bond acceptors (Lipinski definition) is 2. The molecule has 0 saturated carbocycles. The van der Waals surface area contributed by atoms with E-state index in [0.717, 1.165) is 18.8 Å². The molecule has 0 atom stereocenters. The Balaban J connectivity index is 2.65. The first-order chi connectivity index (χ1) is 8.30. The first kappa shape index (κ1) is 11.8. The Morgan fingerprint density at radius 3 is 2.41 bits per heavy atom. The maximum Gasteiger partial charge on any atom is 0.121 e. The van der Waals surface area contributed by atoms with Crippen LogP contribution in [0.5, 0.6) is 5.75 Å². The fraction of sp³-hybridized carbons (Fsp3) is 0.333. The maximum atomic E-state index is 5.38. The van der Waals surface area contributed by atoms with E-state index in [2.05, 4.69) is 55.1 Å². The zero-order valence-corrected chi connectivity index (χ0v) is 10.7. The third-order valence-electron chi connectivity index (χ3n) is 3.15. The van der Waals surface area contributed by atoms with Gasteiger partial charge in [0.2, 0.25) is 0 Å². The minimum atomic E-state index is 0.922. The molecular weight excluding hydrogens is 210 g/mol. The Morgan fingerprint density at radius 1 is 1.06 bits per heavy atom. The van der Waals surface area contributed by atoms with Gasteiger partial charge < -0.3 is 9.64 Å². The molecule has 0 amide bonds. The first-order valence-electron chi connectivity index (χ1n) is 6.11. The quantitative estimate of drug-likeness (QED) is 0.792. The summed E-state index contributed by atoms with van der Waals surface area (Å²) in [5.74, 6) is 0.922. The highest BCUT2D eigenvalue weighted by Crippen LogP contribution is 2.31. The summed E-state index contributed by atoms with van der Waals surface area (Å²) in [6.07, 6.45) is 0. The van der Waals surface area contributed by atoms with Crippen LogP contribution in [0.3, 0.4) is 0 Å². The fourth-order valence-corrected chi connectivity index (χ4v) is 2.21. The summed E-state index contributed by atoms with van der Waals surface area (Å²) in [5.41, 5.74) is 1.25. The van der Waals surface area contributed by atoms with Crippen LogP contribution in [-0.4, -0.2) is 20.2 Å². The number of benzene rings is 2. The molecule has 2 heteroatoms. The molecule has 0 unspecified atom stereocenters. The average molecular weight is 229 g/mol. The summed E-state index contributed by atoms with van der Waals surface area (Å²) in [4.78, 5) is 2.35. The Labute approximate surface area is 103 Å². The zero-order valence-electron chi connectivity index (χ0n) is 10.7. The van der Waals surface area contributed by atoms with Gasteiger partial charge in [-0.05, 0) is 25.3 Å². The fourth-order valence-electron chi connectivity index (χ4n) is 2.21. The second kappa shape index (κ2) is 5.09. The van der Waals surface area contributed by atoms with Crippen LogP contribution in [0.15, 0.2) is 36.4 Å². The Bertz CT molecular complexity index is 503. The van der Waals surface area contributed by atoms with Gasteiger partial charge >= 0.3 is 0 Å². The van der Waals surface area contributed by atoms with E-state index in [9.17, 15) is 0 Å².